The smallest absolute Gasteiger partial charge is 0.344 e. The Morgan fingerprint density at radius 1 is 1.45 bits per heavy atom. The molecule has 1 atom stereocenters. The van der Waals surface area contributed by atoms with Gasteiger partial charge in [0.1, 0.15) is 5.75 Å². The number of ether oxygens (including phenoxy) is 2. The number of carbonyl (C=O) groups is 2. The SMILES string of the molecule is C[C@@H](OC(=O)COc1cccc(Cl)c1)C(=O)N(C)CCC#N. The van der Waals surface area contributed by atoms with Crippen LogP contribution in [-0.4, -0.2) is 43.1 Å². The quantitative estimate of drug-likeness (QED) is 0.717. The number of halogens is 1. The van der Waals surface area contributed by atoms with E-state index in [9.17, 15) is 9.59 Å². The Morgan fingerprint density at radius 2 is 2.18 bits per heavy atom. The predicted octanol–water partition coefficient (Wildman–Crippen LogP) is 2.02. The topological polar surface area (TPSA) is 79.6 Å². The van der Waals surface area contributed by atoms with Gasteiger partial charge in [0.2, 0.25) is 0 Å². The van der Waals surface area contributed by atoms with Crippen LogP contribution in [-0.2, 0) is 14.3 Å². The molecule has 0 heterocycles. The zero-order valence-electron chi connectivity index (χ0n) is 12.4. The van der Waals surface area contributed by atoms with Gasteiger partial charge in [0.05, 0.1) is 12.5 Å². The molecule has 0 aliphatic carbocycles. The number of benzene rings is 1. The third-order valence-corrected chi connectivity index (χ3v) is 2.98. The second kappa shape index (κ2) is 8.90. The van der Waals surface area contributed by atoms with Gasteiger partial charge >= 0.3 is 5.97 Å². The number of nitriles is 1. The summed E-state index contributed by atoms with van der Waals surface area (Å²) in [5, 5.41) is 8.97. The standard InChI is InChI=1S/C15H17ClN2O4/c1-11(15(20)18(2)8-4-7-17)22-14(19)10-21-13-6-3-5-12(16)9-13/h3,5-6,9,11H,4,8,10H2,1-2H3/t11-/m1/s1. The minimum atomic E-state index is -0.931. The molecule has 22 heavy (non-hydrogen) atoms. The summed E-state index contributed by atoms with van der Waals surface area (Å²) in [5.74, 6) is -0.588. The van der Waals surface area contributed by atoms with Crippen molar-refractivity contribution in [3.63, 3.8) is 0 Å². The van der Waals surface area contributed by atoms with E-state index in [2.05, 4.69) is 0 Å². The molecule has 0 aromatic heterocycles. The van der Waals surface area contributed by atoms with Gasteiger partial charge in [-0.1, -0.05) is 17.7 Å². The zero-order chi connectivity index (χ0) is 16.5. The summed E-state index contributed by atoms with van der Waals surface area (Å²) in [6.07, 6.45) is -0.708. The first-order chi connectivity index (χ1) is 10.4. The Bertz CT molecular complexity index is 571. The van der Waals surface area contributed by atoms with E-state index in [1.165, 1.54) is 11.8 Å². The summed E-state index contributed by atoms with van der Waals surface area (Å²) in [6.45, 7) is 1.44. The molecule has 1 aromatic rings. The molecular weight excluding hydrogens is 308 g/mol. The highest BCUT2D eigenvalue weighted by atomic mass is 35.5. The van der Waals surface area contributed by atoms with E-state index < -0.39 is 12.1 Å². The third kappa shape index (κ3) is 6.02. The Hall–Kier alpha value is -2.26. The lowest BCUT2D eigenvalue weighted by Crippen LogP contribution is -2.38. The summed E-state index contributed by atoms with van der Waals surface area (Å²) < 4.78 is 10.2. The number of nitrogens with zero attached hydrogens (tertiary/aromatic N) is 2. The molecular formula is C15H17ClN2O4. The molecule has 1 amide bonds. The number of amides is 1. The maximum atomic E-state index is 11.9. The van der Waals surface area contributed by atoms with Crippen LogP contribution in [0.3, 0.4) is 0 Å². The monoisotopic (exact) mass is 324 g/mol. The van der Waals surface area contributed by atoms with Gasteiger partial charge in [-0.15, -0.1) is 0 Å². The predicted molar refractivity (Wildman–Crippen MR) is 80.4 cm³/mol. The van der Waals surface area contributed by atoms with Gasteiger partial charge in [0.15, 0.2) is 12.7 Å². The van der Waals surface area contributed by atoms with Crippen LogP contribution < -0.4 is 4.74 Å². The molecule has 0 aliphatic rings. The molecule has 7 heteroatoms. The summed E-state index contributed by atoms with van der Waals surface area (Å²) in [6, 6.07) is 8.55. The van der Waals surface area contributed by atoms with Crippen molar-refractivity contribution in [3.05, 3.63) is 29.3 Å². The van der Waals surface area contributed by atoms with Crippen LogP contribution in [0.1, 0.15) is 13.3 Å². The lowest BCUT2D eigenvalue weighted by Gasteiger charge is -2.20. The fourth-order valence-electron chi connectivity index (χ4n) is 1.62. The lowest BCUT2D eigenvalue weighted by molar-refractivity contribution is -0.160. The molecule has 0 fully saturated rings. The average molecular weight is 325 g/mol. The molecule has 0 saturated heterocycles. The highest BCUT2D eigenvalue weighted by Gasteiger charge is 2.21. The fourth-order valence-corrected chi connectivity index (χ4v) is 1.80. The van der Waals surface area contributed by atoms with Crippen molar-refractivity contribution in [2.75, 3.05) is 20.2 Å². The van der Waals surface area contributed by atoms with E-state index in [1.807, 2.05) is 6.07 Å². The van der Waals surface area contributed by atoms with Crippen molar-refractivity contribution in [2.45, 2.75) is 19.4 Å². The van der Waals surface area contributed by atoms with Crippen LogP contribution in [0.5, 0.6) is 5.75 Å². The summed E-state index contributed by atoms with van der Waals surface area (Å²) >= 11 is 5.79. The van der Waals surface area contributed by atoms with Gasteiger partial charge in [-0.05, 0) is 25.1 Å². The van der Waals surface area contributed by atoms with Crippen LogP contribution in [0.25, 0.3) is 0 Å². The van der Waals surface area contributed by atoms with Crippen molar-refractivity contribution < 1.29 is 19.1 Å². The first kappa shape index (κ1) is 17.8. The first-order valence-electron chi connectivity index (χ1n) is 6.64. The summed E-state index contributed by atoms with van der Waals surface area (Å²) in [4.78, 5) is 24.9. The number of likely N-dealkylation sites (N-methyl/N-ethyl adjacent to an activating group) is 1. The maximum absolute atomic E-state index is 11.9. The van der Waals surface area contributed by atoms with Gasteiger partial charge in [-0.25, -0.2) is 4.79 Å². The molecule has 0 aliphatic heterocycles. The van der Waals surface area contributed by atoms with Crippen LogP contribution in [0, 0.1) is 11.3 Å². The minimum absolute atomic E-state index is 0.223. The third-order valence-electron chi connectivity index (χ3n) is 2.74. The number of carbonyl (C=O) groups excluding carboxylic acids is 2. The number of esters is 1. The van der Waals surface area contributed by atoms with E-state index in [-0.39, 0.29) is 25.5 Å². The van der Waals surface area contributed by atoms with Crippen LogP contribution in [0.15, 0.2) is 24.3 Å². The average Bonchev–Trinajstić information content (AvgIpc) is 2.49. The zero-order valence-corrected chi connectivity index (χ0v) is 13.2. The highest BCUT2D eigenvalue weighted by Crippen LogP contribution is 2.17. The molecule has 1 aromatic carbocycles. The molecule has 0 unspecified atom stereocenters. The maximum Gasteiger partial charge on any atom is 0.344 e. The second-order valence-electron chi connectivity index (χ2n) is 4.55. The van der Waals surface area contributed by atoms with Crippen LogP contribution in [0.2, 0.25) is 5.02 Å². The second-order valence-corrected chi connectivity index (χ2v) is 4.98. The highest BCUT2D eigenvalue weighted by molar-refractivity contribution is 6.30. The molecule has 0 spiro atoms. The summed E-state index contributed by atoms with van der Waals surface area (Å²) in [7, 11) is 1.55. The van der Waals surface area contributed by atoms with E-state index in [1.54, 1.807) is 31.3 Å². The molecule has 0 radical (unpaired) electrons. The van der Waals surface area contributed by atoms with Gasteiger partial charge in [0.25, 0.3) is 5.91 Å². The Balaban J connectivity index is 2.41. The molecule has 1 rings (SSSR count). The van der Waals surface area contributed by atoms with Gasteiger partial charge in [-0.3, -0.25) is 4.79 Å². The van der Waals surface area contributed by atoms with E-state index in [4.69, 9.17) is 26.3 Å². The lowest BCUT2D eigenvalue weighted by atomic mass is 10.3. The number of hydrogen-bond donors (Lipinski definition) is 0. The van der Waals surface area contributed by atoms with Crippen molar-refractivity contribution >= 4 is 23.5 Å². The van der Waals surface area contributed by atoms with Gasteiger partial charge in [-0.2, -0.15) is 5.26 Å². The molecule has 6 nitrogen and oxygen atoms in total. The van der Waals surface area contributed by atoms with E-state index in [0.717, 1.165) is 0 Å². The number of rotatable bonds is 7. The molecule has 0 N–H and O–H groups in total. The van der Waals surface area contributed by atoms with Crippen molar-refractivity contribution in [1.29, 1.82) is 5.26 Å². The van der Waals surface area contributed by atoms with Crippen LogP contribution in [0.4, 0.5) is 0 Å². The normalized spacial score (nSPS) is 11.2. The molecule has 0 bridgehead atoms. The van der Waals surface area contributed by atoms with Crippen molar-refractivity contribution in [1.82, 2.24) is 4.90 Å². The fraction of sp³-hybridized carbons (Fsp3) is 0.400. The van der Waals surface area contributed by atoms with E-state index >= 15 is 0 Å². The number of hydrogen-bond acceptors (Lipinski definition) is 5. The first-order valence-corrected chi connectivity index (χ1v) is 7.01. The largest absolute Gasteiger partial charge is 0.482 e. The van der Waals surface area contributed by atoms with Crippen molar-refractivity contribution in [2.24, 2.45) is 0 Å². The Morgan fingerprint density at radius 3 is 2.82 bits per heavy atom. The molecule has 0 saturated carbocycles. The van der Waals surface area contributed by atoms with Crippen molar-refractivity contribution in [3.8, 4) is 11.8 Å². The van der Waals surface area contributed by atoms with Gasteiger partial charge in [0, 0.05) is 18.6 Å². The summed E-state index contributed by atoms with van der Waals surface area (Å²) in [5.41, 5.74) is 0. The molecule has 118 valence electrons. The van der Waals surface area contributed by atoms with Crippen LogP contribution >= 0.6 is 11.6 Å². The minimum Gasteiger partial charge on any atom is -0.482 e. The Kier molecular flexibility index (Phi) is 7.20. The Labute approximate surface area is 134 Å². The van der Waals surface area contributed by atoms with Gasteiger partial charge < -0.3 is 14.4 Å². The van der Waals surface area contributed by atoms with E-state index in [0.29, 0.717) is 10.8 Å².